The van der Waals surface area contributed by atoms with Crippen LogP contribution < -0.4 is 24.8 Å². The van der Waals surface area contributed by atoms with Crippen LogP contribution in [0.15, 0.2) is 42.6 Å². The van der Waals surface area contributed by atoms with Crippen LogP contribution in [0.4, 0.5) is 4.79 Å². The number of fused-ring (bicyclic) bond motifs is 3. The highest BCUT2D eigenvalue weighted by molar-refractivity contribution is 7.91. The van der Waals surface area contributed by atoms with Crippen LogP contribution in [0.2, 0.25) is 0 Å². The van der Waals surface area contributed by atoms with E-state index in [4.69, 9.17) is 9.47 Å². The molecular weight excluding hydrogens is 678 g/mol. The maximum atomic E-state index is 14.5. The lowest BCUT2D eigenvalue weighted by Crippen LogP contribution is -2.59. The summed E-state index contributed by atoms with van der Waals surface area (Å²) in [5.74, 6) is -1.84. The van der Waals surface area contributed by atoms with Crippen LogP contribution in [0, 0.1) is 17.8 Å². The van der Waals surface area contributed by atoms with Crippen LogP contribution >= 0.6 is 0 Å². The maximum absolute atomic E-state index is 14.5. The molecule has 2 aromatic rings. The molecule has 276 valence electrons. The number of nitrogens with zero attached hydrogens (tertiary/aromatic N) is 2. The number of methoxy groups -OCH3 is 1. The molecule has 3 heterocycles. The van der Waals surface area contributed by atoms with Crippen molar-refractivity contribution in [3.8, 4) is 11.6 Å². The second-order valence-corrected chi connectivity index (χ2v) is 16.9. The minimum atomic E-state index is -4.00. The quantitative estimate of drug-likeness (QED) is 0.293. The standard InChI is InChI=1S/C36H47N5O9S/c1-5-22-17-21(2)9-6-7-10-23-19-36(23,33(44)40-51(47,48)35(3)14-15-35)39-30(42)27-18-24(20-41(27)32(43)29(22)38-34(45)46)50-31-26-11-8-12-28(49-4)25(26)13-16-37-31/h7-8,10-13,16,21-24,27,29,38H,5-6,9,14-15,17-20H2,1-4H3,(H,39,42)(H,40,44)(H,45,46)/b10-7-/t21-,22+,23?,24+,27-,29-,36?/m0/s1. The van der Waals surface area contributed by atoms with E-state index in [1.165, 1.54) is 4.90 Å². The highest BCUT2D eigenvalue weighted by atomic mass is 32.2. The number of aromatic nitrogens is 1. The van der Waals surface area contributed by atoms with Crippen LogP contribution in [0.25, 0.3) is 10.8 Å². The van der Waals surface area contributed by atoms with Gasteiger partial charge in [0, 0.05) is 29.3 Å². The van der Waals surface area contributed by atoms with Gasteiger partial charge in [-0.15, -0.1) is 0 Å². The molecule has 1 aromatic carbocycles. The van der Waals surface area contributed by atoms with Crippen molar-refractivity contribution in [1.29, 1.82) is 0 Å². The third-order valence-corrected chi connectivity index (χ3v) is 13.3. The van der Waals surface area contributed by atoms with Crippen LogP contribution in [-0.4, -0.2) is 89.4 Å². The van der Waals surface area contributed by atoms with E-state index in [-0.39, 0.29) is 37.1 Å². The van der Waals surface area contributed by atoms with Gasteiger partial charge in [-0.3, -0.25) is 19.1 Å². The van der Waals surface area contributed by atoms with E-state index in [9.17, 15) is 32.7 Å². The van der Waals surface area contributed by atoms with Crippen molar-refractivity contribution in [2.75, 3.05) is 13.7 Å². The van der Waals surface area contributed by atoms with E-state index < -0.39 is 68.2 Å². The normalized spacial score (nSPS) is 31.2. The summed E-state index contributed by atoms with van der Waals surface area (Å²) in [6, 6.07) is 4.93. The van der Waals surface area contributed by atoms with E-state index in [1.807, 2.05) is 31.2 Å². The number of rotatable bonds is 8. The predicted molar refractivity (Wildman–Crippen MR) is 187 cm³/mol. The molecule has 2 saturated carbocycles. The summed E-state index contributed by atoms with van der Waals surface area (Å²) in [5, 5.41) is 16.6. The average molecular weight is 726 g/mol. The van der Waals surface area contributed by atoms with Crippen LogP contribution in [0.5, 0.6) is 11.6 Å². The van der Waals surface area contributed by atoms with Crippen LogP contribution in [0.3, 0.4) is 0 Å². The summed E-state index contributed by atoms with van der Waals surface area (Å²) < 4.78 is 39.3. The number of carbonyl (C=O) groups excluding carboxylic acids is 3. The minimum Gasteiger partial charge on any atom is -0.496 e. The van der Waals surface area contributed by atoms with Gasteiger partial charge in [0.15, 0.2) is 0 Å². The minimum absolute atomic E-state index is 0.0150. The van der Waals surface area contributed by atoms with Crippen molar-refractivity contribution in [2.24, 2.45) is 17.8 Å². The second-order valence-electron chi connectivity index (χ2n) is 14.8. The second kappa shape index (κ2) is 14.0. The lowest BCUT2D eigenvalue weighted by atomic mass is 9.85. The Morgan fingerprint density at radius 2 is 1.92 bits per heavy atom. The fourth-order valence-electron chi connectivity index (χ4n) is 7.53. The number of sulfonamides is 1. The average Bonchev–Trinajstić information content (AvgIpc) is 3.97. The van der Waals surface area contributed by atoms with E-state index >= 15 is 0 Å². The summed E-state index contributed by atoms with van der Waals surface area (Å²) in [6.07, 6.45) is 6.83. The van der Waals surface area contributed by atoms with Crippen molar-refractivity contribution in [1.82, 2.24) is 25.2 Å². The van der Waals surface area contributed by atoms with Gasteiger partial charge >= 0.3 is 6.09 Å². The molecule has 2 unspecified atom stereocenters. The Morgan fingerprint density at radius 1 is 1.16 bits per heavy atom. The van der Waals surface area contributed by atoms with Gasteiger partial charge in [-0.25, -0.2) is 18.2 Å². The summed E-state index contributed by atoms with van der Waals surface area (Å²) in [7, 11) is -2.44. The molecule has 4 amide bonds. The zero-order chi connectivity index (χ0) is 36.7. The lowest BCUT2D eigenvalue weighted by molar-refractivity contribution is -0.142. The van der Waals surface area contributed by atoms with Crippen LogP contribution in [-0.2, 0) is 24.4 Å². The van der Waals surface area contributed by atoms with Crippen molar-refractivity contribution in [2.45, 2.75) is 101 Å². The topological polar surface area (TPSA) is 193 Å². The van der Waals surface area contributed by atoms with Gasteiger partial charge in [0.25, 0.3) is 5.91 Å². The van der Waals surface area contributed by atoms with Crippen molar-refractivity contribution in [3.05, 3.63) is 42.6 Å². The number of allylic oxidation sites excluding steroid dienone is 1. The molecule has 0 spiro atoms. The molecular formula is C36H47N5O9S. The largest absolute Gasteiger partial charge is 0.496 e. The first-order valence-corrected chi connectivity index (χ1v) is 19.1. The molecule has 2 aliphatic carbocycles. The van der Waals surface area contributed by atoms with E-state index in [0.29, 0.717) is 43.2 Å². The number of hydrogen-bond donors (Lipinski definition) is 4. The highest BCUT2D eigenvalue weighted by Crippen LogP contribution is 2.47. The van der Waals surface area contributed by atoms with E-state index in [1.54, 1.807) is 32.4 Å². The molecule has 14 nitrogen and oxygen atoms in total. The molecule has 7 atom stereocenters. The van der Waals surface area contributed by atoms with Crippen molar-refractivity contribution in [3.63, 3.8) is 0 Å². The monoisotopic (exact) mass is 725 g/mol. The highest BCUT2D eigenvalue weighted by Gasteiger charge is 2.63. The SMILES string of the molecule is CC[C@@H]1C[C@@H](C)CC/C=C\C2CC2(C(=O)NS(=O)(=O)C2(C)CC2)NC(=O)[C@@H]2C[C@@H](Oc3nccc4c(OC)cccc34)CN2C(=O)[C@H]1NC(=O)O. The maximum Gasteiger partial charge on any atom is 0.405 e. The predicted octanol–water partition coefficient (Wildman–Crippen LogP) is 3.50. The zero-order valence-corrected chi connectivity index (χ0v) is 30.2. The molecule has 4 aliphatic rings. The molecule has 6 rings (SSSR count). The fraction of sp³-hybridized carbons (Fsp3) is 0.583. The Bertz CT molecular complexity index is 1850. The summed E-state index contributed by atoms with van der Waals surface area (Å²) in [4.78, 5) is 60.5. The Labute approximate surface area is 297 Å². The summed E-state index contributed by atoms with van der Waals surface area (Å²) >= 11 is 0. The van der Waals surface area contributed by atoms with Gasteiger partial charge < -0.3 is 30.1 Å². The van der Waals surface area contributed by atoms with E-state index in [2.05, 4.69) is 27.3 Å². The molecule has 51 heavy (non-hydrogen) atoms. The Hall–Kier alpha value is -4.40. The van der Waals surface area contributed by atoms with Crippen molar-refractivity contribution < 1.29 is 42.2 Å². The third-order valence-electron chi connectivity index (χ3n) is 11.1. The molecule has 0 bridgehead atoms. The van der Waals surface area contributed by atoms with Gasteiger partial charge in [-0.05, 0) is 75.5 Å². The van der Waals surface area contributed by atoms with Gasteiger partial charge in [0.2, 0.25) is 27.7 Å². The van der Waals surface area contributed by atoms with Crippen molar-refractivity contribution >= 4 is 44.6 Å². The fourth-order valence-corrected chi connectivity index (χ4v) is 8.84. The third kappa shape index (κ3) is 7.22. The first-order valence-electron chi connectivity index (χ1n) is 17.7. The number of nitrogens with one attached hydrogen (secondary N) is 3. The van der Waals surface area contributed by atoms with Gasteiger partial charge in [0.1, 0.15) is 29.5 Å². The molecule has 1 saturated heterocycles. The van der Waals surface area contributed by atoms with E-state index in [0.717, 1.165) is 11.8 Å². The Kier molecular flexibility index (Phi) is 9.96. The molecule has 4 N–H and O–H groups in total. The molecule has 2 aliphatic heterocycles. The number of benzene rings is 1. The van der Waals surface area contributed by atoms with Gasteiger partial charge in [0.05, 0.1) is 18.4 Å². The van der Waals surface area contributed by atoms with Gasteiger partial charge in [-0.2, -0.15) is 0 Å². The number of ether oxygens (including phenoxy) is 2. The number of hydrogen-bond acceptors (Lipinski definition) is 9. The number of carboxylic acid groups (broad SMARTS) is 1. The molecule has 1 aromatic heterocycles. The Morgan fingerprint density at radius 3 is 2.61 bits per heavy atom. The number of pyridine rings is 1. The Balaban J connectivity index is 1.35. The number of amides is 4. The first kappa shape index (κ1) is 36.4. The summed E-state index contributed by atoms with van der Waals surface area (Å²) in [6.45, 7) is 5.48. The first-order chi connectivity index (χ1) is 24.2. The number of carbonyl (C=O) groups is 4. The summed E-state index contributed by atoms with van der Waals surface area (Å²) in [5.41, 5.74) is -1.54. The van der Waals surface area contributed by atoms with Crippen LogP contribution in [0.1, 0.15) is 72.1 Å². The molecule has 15 heteroatoms. The lowest BCUT2D eigenvalue weighted by Gasteiger charge is -2.33. The molecule has 0 radical (unpaired) electrons. The van der Waals surface area contributed by atoms with Gasteiger partial charge in [-0.1, -0.05) is 38.5 Å². The smallest absolute Gasteiger partial charge is 0.405 e. The zero-order valence-electron chi connectivity index (χ0n) is 29.4. The molecule has 3 fully saturated rings.